The minimum Gasteiger partial charge on any atom is -0.440 e. The van der Waals surface area contributed by atoms with Gasteiger partial charge in [-0.1, -0.05) is 18.2 Å². The normalized spacial score (nSPS) is 16.3. The van der Waals surface area contributed by atoms with Gasteiger partial charge in [-0.2, -0.15) is 0 Å². The van der Waals surface area contributed by atoms with Gasteiger partial charge in [-0.05, 0) is 30.5 Å². The Morgan fingerprint density at radius 1 is 1.44 bits per heavy atom. The molecule has 0 unspecified atom stereocenters. The Morgan fingerprint density at radius 2 is 2.31 bits per heavy atom. The average molecular weight is 214 g/mol. The van der Waals surface area contributed by atoms with Crippen LogP contribution in [0.4, 0.5) is 0 Å². The Hall–Kier alpha value is -1.61. The molecule has 2 N–H and O–H groups in total. The van der Waals surface area contributed by atoms with E-state index in [1.807, 2.05) is 30.4 Å². The van der Waals surface area contributed by atoms with E-state index >= 15 is 0 Å². The summed E-state index contributed by atoms with van der Waals surface area (Å²) in [6.45, 7) is 0.560. The summed E-state index contributed by atoms with van der Waals surface area (Å²) in [6.07, 6.45) is 6.37. The van der Waals surface area contributed by atoms with Crippen LogP contribution in [-0.2, 0) is 0 Å². The number of fused-ring (bicyclic) bond motifs is 1. The van der Waals surface area contributed by atoms with Crippen molar-refractivity contribution in [2.24, 2.45) is 5.73 Å². The van der Waals surface area contributed by atoms with Crippen molar-refractivity contribution in [3.05, 3.63) is 35.7 Å². The molecule has 1 aliphatic rings. The highest BCUT2D eigenvalue weighted by molar-refractivity contribution is 5.76. The van der Waals surface area contributed by atoms with Crippen LogP contribution in [0.1, 0.15) is 30.2 Å². The van der Waals surface area contributed by atoms with Crippen molar-refractivity contribution in [2.45, 2.75) is 18.8 Å². The molecule has 16 heavy (non-hydrogen) atoms. The highest BCUT2D eigenvalue weighted by Gasteiger charge is 2.28. The SMILES string of the molecule is NC/C=C/c1ccc2oc(C3CC3)nc2c1. The molecule has 3 rings (SSSR count). The van der Waals surface area contributed by atoms with E-state index in [0.717, 1.165) is 22.6 Å². The Labute approximate surface area is 94.0 Å². The Bertz CT molecular complexity index is 538. The molecule has 0 atom stereocenters. The maximum Gasteiger partial charge on any atom is 0.198 e. The lowest BCUT2D eigenvalue weighted by Crippen LogP contribution is -1.91. The van der Waals surface area contributed by atoms with E-state index in [4.69, 9.17) is 10.2 Å². The maximum atomic E-state index is 5.69. The molecular weight excluding hydrogens is 200 g/mol. The average Bonchev–Trinajstić information content (AvgIpc) is 3.06. The van der Waals surface area contributed by atoms with Gasteiger partial charge in [0.25, 0.3) is 0 Å². The van der Waals surface area contributed by atoms with Crippen molar-refractivity contribution >= 4 is 17.2 Å². The van der Waals surface area contributed by atoms with E-state index in [9.17, 15) is 0 Å². The van der Waals surface area contributed by atoms with Crippen LogP contribution in [-0.4, -0.2) is 11.5 Å². The first kappa shape index (κ1) is 9.60. The van der Waals surface area contributed by atoms with Crippen LogP contribution in [0, 0.1) is 0 Å². The van der Waals surface area contributed by atoms with Gasteiger partial charge in [0.2, 0.25) is 0 Å². The zero-order chi connectivity index (χ0) is 11.0. The molecule has 1 fully saturated rings. The lowest BCUT2D eigenvalue weighted by atomic mass is 10.2. The highest BCUT2D eigenvalue weighted by atomic mass is 16.3. The van der Waals surface area contributed by atoms with Gasteiger partial charge in [-0.3, -0.25) is 0 Å². The number of nitrogens with zero attached hydrogens (tertiary/aromatic N) is 1. The zero-order valence-corrected chi connectivity index (χ0v) is 9.02. The Morgan fingerprint density at radius 3 is 3.06 bits per heavy atom. The third kappa shape index (κ3) is 1.74. The smallest absolute Gasteiger partial charge is 0.198 e. The predicted octanol–water partition coefficient (Wildman–Crippen LogP) is 2.68. The molecule has 3 heteroatoms. The van der Waals surface area contributed by atoms with Gasteiger partial charge in [0.05, 0.1) is 0 Å². The number of nitrogens with two attached hydrogens (primary N) is 1. The number of oxazole rings is 1. The van der Waals surface area contributed by atoms with Gasteiger partial charge in [0, 0.05) is 12.5 Å². The van der Waals surface area contributed by atoms with Crippen molar-refractivity contribution in [1.82, 2.24) is 4.98 Å². The molecule has 1 heterocycles. The summed E-state index contributed by atoms with van der Waals surface area (Å²) < 4.78 is 5.69. The first-order chi connectivity index (χ1) is 7.86. The van der Waals surface area contributed by atoms with Gasteiger partial charge in [-0.15, -0.1) is 0 Å². The number of hydrogen-bond donors (Lipinski definition) is 1. The van der Waals surface area contributed by atoms with E-state index < -0.39 is 0 Å². The number of aromatic nitrogens is 1. The summed E-state index contributed by atoms with van der Waals surface area (Å²) in [4.78, 5) is 4.51. The van der Waals surface area contributed by atoms with Crippen LogP contribution in [0.15, 0.2) is 28.7 Å². The van der Waals surface area contributed by atoms with Crippen LogP contribution in [0.2, 0.25) is 0 Å². The monoisotopic (exact) mass is 214 g/mol. The minimum atomic E-state index is 0.560. The van der Waals surface area contributed by atoms with Crippen LogP contribution < -0.4 is 5.73 Å². The van der Waals surface area contributed by atoms with Crippen LogP contribution in [0.5, 0.6) is 0 Å². The topological polar surface area (TPSA) is 52.0 Å². The molecule has 0 radical (unpaired) electrons. The summed E-state index contributed by atoms with van der Waals surface area (Å²) in [5.41, 5.74) is 8.37. The minimum absolute atomic E-state index is 0.560. The van der Waals surface area contributed by atoms with Crippen LogP contribution in [0.3, 0.4) is 0 Å². The Kier molecular flexibility index (Phi) is 2.26. The van der Waals surface area contributed by atoms with E-state index in [-0.39, 0.29) is 0 Å². The fraction of sp³-hybridized carbons (Fsp3) is 0.308. The molecule has 0 amide bonds. The lowest BCUT2D eigenvalue weighted by molar-refractivity contribution is 0.533. The van der Waals surface area contributed by atoms with Crippen molar-refractivity contribution in [2.75, 3.05) is 6.54 Å². The first-order valence-electron chi connectivity index (χ1n) is 5.64. The van der Waals surface area contributed by atoms with Crippen molar-refractivity contribution in [1.29, 1.82) is 0 Å². The largest absolute Gasteiger partial charge is 0.440 e. The second-order valence-electron chi connectivity index (χ2n) is 4.19. The second kappa shape index (κ2) is 3.76. The van der Waals surface area contributed by atoms with Gasteiger partial charge >= 0.3 is 0 Å². The molecule has 0 bridgehead atoms. The van der Waals surface area contributed by atoms with Gasteiger partial charge < -0.3 is 10.2 Å². The van der Waals surface area contributed by atoms with Crippen molar-refractivity contribution in [3.8, 4) is 0 Å². The molecule has 1 saturated carbocycles. The van der Waals surface area contributed by atoms with Gasteiger partial charge in [0.15, 0.2) is 11.5 Å². The van der Waals surface area contributed by atoms with E-state index in [2.05, 4.69) is 4.98 Å². The molecule has 0 aliphatic heterocycles. The molecular formula is C13H14N2O. The standard InChI is InChI=1S/C13H14N2O/c14-7-1-2-9-3-6-12-11(8-9)15-13(16-12)10-4-5-10/h1-3,6,8,10H,4-5,7,14H2/b2-1+. The number of benzene rings is 1. The maximum absolute atomic E-state index is 5.69. The summed E-state index contributed by atoms with van der Waals surface area (Å²) in [6, 6.07) is 6.04. The predicted molar refractivity (Wildman–Crippen MR) is 64.1 cm³/mol. The summed E-state index contributed by atoms with van der Waals surface area (Å²) in [5, 5.41) is 0. The quantitative estimate of drug-likeness (QED) is 0.854. The van der Waals surface area contributed by atoms with Gasteiger partial charge in [-0.25, -0.2) is 4.98 Å². The second-order valence-corrected chi connectivity index (χ2v) is 4.19. The summed E-state index contributed by atoms with van der Waals surface area (Å²) in [7, 11) is 0. The van der Waals surface area contributed by atoms with Crippen molar-refractivity contribution < 1.29 is 4.42 Å². The molecule has 0 spiro atoms. The number of rotatable bonds is 3. The molecule has 1 aliphatic carbocycles. The third-order valence-corrected chi connectivity index (χ3v) is 2.80. The van der Waals surface area contributed by atoms with Crippen LogP contribution in [0.25, 0.3) is 17.2 Å². The fourth-order valence-electron chi connectivity index (χ4n) is 1.77. The Balaban J connectivity index is 1.99. The van der Waals surface area contributed by atoms with E-state index in [0.29, 0.717) is 12.5 Å². The van der Waals surface area contributed by atoms with E-state index in [1.165, 1.54) is 12.8 Å². The molecule has 1 aromatic carbocycles. The molecule has 2 aromatic rings. The third-order valence-electron chi connectivity index (χ3n) is 2.80. The van der Waals surface area contributed by atoms with Gasteiger partial charge in [0.1, 0.15) is 5.52 Å². The summed E-state index contributed by atoms with van der Waals surface area (Å²) in [5.74, 6) is 1.46. The molecule has 3 nitrogen and oxygen atoms in total. The highest BCUT2D eigenvalue weighted by Crippen LogP contribution is 2.40. The molecule has 82 valence electrons. The number of hydrogen-bond acceptors (Lipinski definition) is 3. The van der Waals surface area contributed by atoms with Crippen molar-refractivity contribution in [3.63, 3.8) is 0 Å². The lowest BCUT2D eigenvalue weighted by Gasteiger charge is -1.91. The fourth-order valence-corrected chi connectivity index (χ4v) is 1.77. The van der Waals surface area contributed by atoms with Crippen LogP contribution >= 0.6 is 0 Å². The first-order valence-corrected chi connectivity index (χ1v) is 5.64. The van der Waals surface area contributed by atoms with E-state index in [1.54, 1.807) is 0 Å². The molecule has 1 aromatic heterocycles. The zero-order valence-electron chi connectivity index (χ0n) is 9.02. The molecule has 0 saturated heterocycles. The summed E-state index contributed by atoms with van der Waals surface area (Å²) >= 11 is 0.